The van der Waals surface area contributed by atoms with Crippen molar-refractivity contribution in [3.8, 4) is 0 Å². The van der Waals surface area contributed by atoms with Crippen molar-refractivity contribution in [2.75, 3.05) is 5.32 Å². The zero-order valence-corrected chi connectivity index (χ0v) is 11.9. The number of benzene rings is 1. The lowest BCUT2D eigenvalue weighted by atomic mass is 10.2. The maximum atomic E-state index is 11.7. The van der Waals surface area contributed by atoms with E-state index in [0.717, 1.165) is 16.6 Å². The Bertz CT molecular complexity index is 801. The molecule has 3 rings (SSSR count). The highest BCUT2D eigenvalue weighted by Gasteiger charge is 2.18. The van der Waals surface area contributed by atoms with Crippen molar-refractivity contribution >= 4 is 39.0 Å². The highest BCUT2D eigenvalue weighted by molar-refractivity contribution is 7.20. The molecule has 0 aliphatic rings. The monoisotopic (exact) mass is 300 g/mol. The first-order valence-electron chi connectivity index (χ1n) is 6.21. The molecule has 1 amide bonds. The molecule has 0 radical (unpaired) electrons. The average molecular weight is 300 g/mol. The molecule has 1 aromatic carbocycles. The number of carbonyl (C=O) groups is 1. The molecule has 3 aromatic rings. The molecule has 2 aromatic heterocycles. The molecule has 21 heavy (non-hydrogen) atoms. The van der Waals surface area contributed by atoms with Gasteiger partial charge in [-0.3, -0.25) is 10.0 Å². The Labute approximate surface area is 124 Å². The summed E-state index contributed by atoms with van der Waals surface area (Å²) in [5.74, 6) is 0.0955. The Morgan fingerprint density at radius 3 is 2.71 bits per heavy atom. The fraction of sp³-hybridized carbons (Fsp3) is 0.0714. The minimum Gasteiger partial charge on any atom is -0.340 e. The average Bonchev–Trinajstić information content (AvgIpc) is 2.86. The molecular formula is C14H12N4O2S. The second kappa shape index (κ2) is 5.47. The standard InChI is InChI=1S/C14H12N4O2S/c1-8-10-12(17-9-5-3-2-4-6-9)15-7-16-14(10)21-11(8)13(19)18-20/h2-7,20H,1H3,(H,18,19)(H,15,16,17). The van der Waals surface area contributed by atoms with Crippen LogP contribution in [-0.2, 0) is 0 Å². The minimum absolute atomic E-state index is 0.420. The molecule has 6 nitrogen and oxygen atoms in total. The largest absolute Gasteiger partial charge is 0.340 e. The second-order valence-corrected chi connectivity index (χ2v) is 5.39. The third kappa shape index (κ3) is 2.44. The third-order valence-corrected chi connectivity index (χ3v) is 4.27. The second-order valence-electron chi connectivity index (χ2n) is 4.39. The topological polar surface area (TPSA) is 87.1 Å². The molecule has 0 atom stereocenters. The molecule has 0 saturated carbocycles. The lowest BCUT2D eigenvalue weighted by Gasteiger charge is -2.06. The van der Waals surface area contributed by atoms with E-state index in [2.05, 4.69) is 15.3 Å². The zero-order valence-electron chi connectivity index (χ0n) is 11.1. The smallest absolute Gasteiger partial charge is 0.285 e. The Kier molecular flexibility index (Phi) is 3.51. The van der Waals surface area contributed by atoms with Crippen LogP contribution in [0.3, 0.4) is 0 Å². The fourth-order valence-corrected chi connectivity index (χ4v) is 3.13. The van der Waals surface area contributed by atoms with E-state index in [1.54, 1.807) is 5.48 Å². The summed E-state index contributed by atoms with van der Waals surface area (Å²) in [4.78, 5) is 21.2. The van der Waals surface area contributed by atoms with Gasteiger partial charge < -0.3 is 5.32 Å². The van der Waals surface area contributed by atoms with Gasteiger partial charge in [0.2, 0.25) is 0 Å². The lowest BCUT2D eigenvalue weighted by Crippen LogP contribution is -2.17. The first-order chi connectivity index (χ1) is 10.2. The van der Waals surface area contributed by atoms with Crippen LogP contribution in [0.1, 0.15) is 15.2 Å². The van der Waals surface area contributed by atoms with Gasteiger partial charge in [0.05, 0.1) is 10.3 Å². The highest BCUT2D eigenvalue weighted by Crippen LogP contribution is 2.34. The Hall–Kier alpha value is -2.51. The molecule has 2 heterocycles. The number of anilines is 2. The van der Waals surface area contributed by atoms with E-state index in [4.69, 9.17) is 5.21 Å². The van der Waals surface area contributed by atoms with Gasteiger partial charge in [0.25, 0.3) is 5.91 Å². The van der Waals surface area contributed by atoms with Gasteiger partial charge in [0, 0.05) is 5.69 Å². The van der Waals surface area contributed by atoms with Crippen LogP contribution in [0.4, 0.5) is 11.5 Å². The molecule has 0 aliphatic carbocycles. The van der Waals surface area contributed by atoms with E-state index < -0.39 is 5.91 Å². The van der Waals surface area contributed by atoms with Gasteiger partial charge >= 0.3 is 0 Å². The number of hydrogen-bond donors (Lipinski definition) is 3. The van der Waals surface area contributed by atoms with Crippen LogP contribution >= 0.6 is 11.3 Å². The number of rotatable bonds is 3. The van der Waals surface area contributed by atoms with E-state index >= 15 is 0 Å². The number of thiophene rings is 1. The summed E-state index contributed by atoms with van der Waals surface area (Å²) < 4.78 is 0. The van der Waals surface area contributed by atoms with Crippen LogP contribution in [0.15, 0.2) is 36.7 Å². The molecule has 0 fully saturated rings. The Morgan fingerprint density at radius 1 is 1.24 bits per heavy atom. The molecule has 0 saturated heterocycles. The zero-order chi connectivity index (χ0) is 14.8. The molecule has 7 heteroatoms. The van der Waals surface area contributed by atoms with Gasteiger partial charge in [0.15, 0.2) is 0 Å². The molecule has 3 N–H and O–H groups in total. The number of para-hydroxylation sites is 1. The lowest BCUT2D eigenvalue weighted by molar-refractivity contribution is 0.0710. The number of carbonyl (C=O) groups excluding carboxylic acids is 1. The number of aromatic nitrogens is 2. The van der Waals surface area contributed by atoms with E-state index in [1.807, 2.05) is 37.3 Å². The van der Waals surface area contributed by atoms with Crippen LogP contribution in [0.25, 0.3) is 10.2 Å². The molecule has 106 valence electrons. The molecular weight excluding hydrogens is 288 g/mol. The van der Waals surface area contributed by atoms with Gasteiger partial charge in [-0.1, -0.05) is 18.2 Å². The number of hydrogen-bond acceptors (Lipinski definition) is 6. The van der Waals surface area contributed by atoms with Crippen LogP contribution < -0.4 is 10.8 Å². The third-order valence-electron chi connectivity index (χ3n) is 3.07. The summed E-state index contributed by atoms with van der Waals surface area (Å²) in [5, 5.41) is 12.8. The van der Waals surface area contributed by atoms with Crippen molar-refractivity contribution in [3.63, 3.8) is 0 Å². The van der Waals surface area contributed by atoms with Gasteiger partial charge in [-0.25, -0.2) is 15.4 Å². The summed E-state index contributed by atoms with van der Waals surface area (Å²) in [6, 6.07) is 9.63. The van der Waals surface area contributed by atoms with Crippen LogP contribution in [0.2, 0.25) is 0 Å². The number of fused-ring (bicyclic) bond motifs is 1. The van der Waals surface area contributed by atoms with E-state index in [9.17, 15) is 4.79 Å². The fourth-order valence-electron chi connectivity index (χ4n) is 2.09. The SMILES string of the molecule is Cc1c(C(=O)NO)sc2ncnc(Nc3ccccc3)c12. The Morgan fingerprint density at radius 2 is 2.00 bits per heavy atom. The number of amides is 1. The maximum absolute atomic E-state index is 11.7. The Balaban J connectivity index is 2.11. The van der Waals surface area contributed by atoms with Crippen LogP contribution in [0, 0.1) is 6.92 Å². The van der Waals surface area contributed by atoms with Gasteiger partial charge in [-0.2, -0.15) is 0 Å². The summed E-state index contributed by atoms with van der Waals surface area (Å²) in [6.45, 7) is 1.81. The number of aryl methyl sites for hydroxylation is 1. The van der Waals surface area contributed by atoms with Crippen molar-refractivity contribution in [3.05, 3.63) is 47.1 Å². The van der Waals surface area contributed by atoms with Crippen LogP contribution in [0.5, 0.6) is 0 Å². The molecule has 0 spiro atoms. The van der Waals surface area contributed by atoms with Crippen molar-refractivity contribution in [2.24, 2.45) is 0 Å². The number of nitrogens with zero attached hydrogens (tertiary/aromatic N) is 2. The predicted octanol–water partition coefficient (Wildman–Crippen LogP) is 2.86. The van der Waals surface area contributed by atoms with E-state index in [0.29, 0.717) is 15.5 Å². The van der Waals surface area contributed by atoms with Gasteiger partial charge in [-0.15, -0.1) is 11.3 Å². The first kappa shape index (κ1) is 13.5. The van der Waals surface area contributed by atoms with Gasteiger partial charge in [0.1, 0.15) is 17.0 Å². The van der Waals surface area contributed by atoms with E-state index in [-0.39, 0.29) is 0 Å². The highest BCUT2D eigenvalue weighted by atomic mass is 32.1. The first-order valence-corrected chi connectivity index (χ1v) is 7.03. The predicted molar refractivity (Wildman–Crippen MR) is 81.1 cm³/mol. The molecule has 0 bridgehead atoms. The van der Waals surface area contributed by atoms with Crippen molar-refractivity contribution in [1.82, 2.24) is 15.4 Å². The summed E-state index contributed by atoms with van der Waals surface area (Å²) in [6.07, 6.45) is 1.45. The van der Waals surface area contributed by atoms with Crippen molar-refractivity contribution < 1.29 is 10.0 Å². The summed E-state index contributed by atoms with van der Waals surface area (Å²) in [7, 11) is 0. The molecule has 0 aliphatic heterocycles. The quantitative estimate of drug-likeness (QED) is 0.511. The number of nitrogens with one attached hydrogen (secondary N) is 2. The van der Waals surface area contributed by atoms with Crippen LogP contribution in [-0.4, -0.2) is 21.1 Å². The normalized spacial score (nSPS) is 10.6. The van der Waals surface area contributed by atoms with E-state index in [1.165, 1.54) is 17.7 Å². The summed E-state index contributed by atoms with van der Waals surface area (Å²) >= 11 is 1.22. The minimum atomic E-state index is -0.541. The molecule has 0 unspecified atom stereocenters. The maximum Gasteiger partial charge on any atom is 0.285 e. The van der Waals surface area contributed by atoms with Crippen molar-refractivity contribution in [1.29, 1.82) is 0 Å². The van der Waals surface area contributed by atoms with Gasteiger partial charge in [-0.05, 0) is 24.6 Å². The van der Waals surface area contributed by atoms with Crippen molar-refractivity contribution in [2.45, 2.75) is 6.92 Å². The summed E-state index contributed by atoms with van der Waals surface area (Å²) in [5.41, 5.74) is 3.29. The number of hydroxylamine groups is 1.